The van der Waals surface area contributed by atoms with Crippen molar-refractivity contribution in [1.82, 2.24) is 34.9 Å². The Labute approximate surface area is 147 Å². The Morgan fingerprint density at radius 2 is 2.04 bits per heavy atom. The number of pyridine rings is 1. The number of aryl methyl sites for hydroxylation is 1. The maximum absolute atomic E-state index is 12.9. The highest BCUT2D eigenvalue weighted by Gasteiger charge is 2.36. The summed E-state index contributed by atoms with van der Waals surface area (Å²) in [4.78, 5) is 7.62. The smallest absolute Gasteiger partial charge is 0.451 e. The molecule has 4 aromatic rings. The van der Waals surface area contributed by atoms with Gasteiger partial charge >= 0.3 is 6.18 Å². The van der Waals surface area contributed by atoms with E-state index in [4.69, 9.17) is 11.6 Å². The minimum absolute atomic E-state index is 0.00867. The maximum atomic E-state index is 12.9. The molecule has 0 fully saturated rings. The number of aromatic nitrogens is 7. The lowest BCUT2D eigenvalue weighted by atomic mass is 10.1. The quantitative estimate of drug-likeness (QED) is 0.493. The molecule has 0 aliphatic heterocycles. The number of aromatic hydroxyl groups is 1. The highest BCUT2D eigenvalue weighted by atomic mass is 35.5. The van der Waals surface area contributed by atoms with Gasteiger partial charge in [-0.2, -0.15) is 23.4 Å². The van der Waals surface area contributed by atoms with Gasteiger partial charge in [-0.05, 0) is 6.07 Å². The fourth-order valence-electron chi connectivity index (χ4n) is 2.73. The lowest BCUT2D eigenvalue weighted by Gasteiger charge is -2.02. The van der Waals surface area contributed by atoms with Gasteiger partial charge in [0, 0.05) is 24.4 Å². The molecule has 4 rings (SSSR count). The molecule has 0 bridgehead atoms. The van der Waals surface area contributed by atoms with Crippen LogP contribution in [0.1, 0.15) is 5.82 Å². The Hall–Kier alpha value is -3.08. The van der Waals surface area contributed by atoms with Gasteiger partial charge in [0.25, 0.3) is 0 Å². The molecule has 4 heterocycles. The normalized spacial score (nSPS) is 12.2. The van der Waals surface area contributed by atoms with Crippen LogP contribution < -0.4 is 0 Å². The second kappa shape index (κ2) is 5.46. The lowest BCUT2D eigenvalue weighted by Crippen LogP contribution is -2.07. The molecule has 3 N–H and O–H groups in total. The number of rotatable bonds is 2. The molecule has 12 heteroatoms. The zero-order valence-corrected chi connectivity index (χ0v) is 13.7. The molecule has 0 atom stereocenters. The van der Waals surface area contributed by atoms with Gasteiger partial charge in [-0.15, -0.1) is 0 Å². The molecule has 0 radical (unpaired) electrons. The molecule has 0 aromatic carbocycles. The van der Waals surface area contributed by atoms with E-state index in [9.17, 15) is 18.3 Å². The third-order valence-electron chi connectivity index (χ3n) is 3.86. The summed E-state index contributed by atoms with van der Waals surface area (Å²) < 4.78 is 40.2. The number of nitrogens with zero attached hydrogens (tertiary/aromatic N) is 5. The molecule has 0 aliphatic carbocycles. The van der Waals surface area contributed by atoms with Gasteiger partial charge in [0.15, 0.2) is 5.82 Å². The van der Waals surface area contributed by atoms with E-state index in [2.05, 4.69) is 25.3 Å². The second-order valence-electron chi connectivity index (χ2n) is 5.44. The monoisotopic (exact) mass is 383 g/mol. The van der Waals surface area contributed by atoms with Crippen molar-refractivity contribution >= 4 is 22.6 Å². The molecule has 4 aromatic heterocycles. The zero-order valence-electron chi connectivity index (χ0n) is 12.9. The number of nitrogens with one attached hydrogen (secondary N) is 2. The van der Waals surface area contributed by atoms with E-state index >= 15 is 0 Å². The van der Waals surface area contributed by atoms with Crippen molar-refractivity contribution < 1.29 is 18.3 Å². The van der Waals surface area contributed by atoms with E-state index in [1.54, 1.807) is 17.8 Å². The molecule has 0 amide bonds. The van der Waals surface area contributed by atoms with Crippen LogP contribution in [-0.2, 0) is 13.2 Å². The van der Waals surface area contributed by atoms with E-state index in [0.717, 1.165) is 0 Å². The van der Waals surface area contributed by atoms with Crippen LogP contribution in [0, 0.1) is 0 Å². The zero-order chi connectivity index (χ0) is 18.6. The molecule has 0 saturated heterocycles. The van der Waals surface area contributed by atoms with Crippen molar-refractivity contribution in [2.75, 3.05) is 0 Å². The number of alkyl halides is 3. The summed E-state index contributed by atoms with van der Waals surface area (Å²) in [5.74, 6) is -1.79. The van der Waals surface area contributed by atoms with Crippen LogP contribution in [0.5, 0.6) is 5.88 Å². The lowest BCUT2D eigenvalue weighted by molar-refractivity contribution is -0.144. The van der Waals surface area contributed by atoms with Gasteiger partial charge in [-0.3, -0.25) is 10.2 Å². The first kappa shape index (κ1) is 16.4. The van der Waals surface area contributed by atoms with Crippen LogP contribution >= 0.6 is 11.6 Å². The predicted molar refractivity (Wildman–Crippen MR) is 85.3 cm³/mol. The molecule has 134 valence electrons. The average molecular weight is 384 g/mol. The molecule has 0 unspecified atom stereocenters. The van der Waals surface area contributed by atoms with E-state index < -0.39 is 17.9 Å². The Morgan fingerprint density at radius 3 is 2.65 bits per heavy atom. The Bertz CT molecular complexity index is 1110. The average Bonchev–Trinajstić information content (AvgIpc) is 3.28. The number of halogens is 4. The first-order valence-corrected chi connectivity index (χ1v) is 7.52. The van der Waals surface area contributed by atoms with Crippen molar-refractivity contribution in [3.63, 3.8) is 0 Å². The molecule has 26 heavy (non-hydrogen) atoms. The van der Waals surface area contributed by atoms with Crippen LogP contribution in [0.4, 0.5) is 13.2 Å². The highest BCUT2D eigenvalue weighted by Crippen LogP contribution is 2.40. The molecule has 8 nitrogen and oxygen atoms in total. The Morgan fingerprint density at radius 1 is 1.27 bits per heavy atom. The largest absolute Gasteiger partial charge is 0.492 e. The first-order chi connectivity index (χ1) is 12.3. The third kappa shape index (κ3) is 2.39. The summed E-state index contributed by atoms with van der Waals surface area (Å²) in [6.07, 6.45) is -1.64. The summed E-state index contributed by atoms with van der Waals surface area (Å²) in [5, 5.41) is 21.9. The van der Waals surface area contributed by atoms with Gasteiger partial charge in [-0.25, -0.2) is 9.97 Å². The van der Waals surface area contributed by atoms with Crippen LogP contribution in [0.25, 0.3) is 33.7 Å². The minimum atomic E-state index is -4.66. The number of hydrogen-bond donors (Lipinski definition) is 3. The van der Waals surface area contributed by atoms with E-state index in [1.165, 1.54) is 12.3 Å². The van der Waals surface area contributed by atoms with Crippen LogP contribution in [0.2, 0.25) is 5.02 Å². The van der Waals surface area contributed by atoms with Crippen LogP contribution in [0.3, 0.4) is 0 Å². The van der Waals surface area contributed by atoms with Gasteiger partial charge in [0.1, 0.15) is 10.5 Å². The van der Waals surface area contributed by atoms with Crippen molar-refractivity contribution in [1.29, 1.82) is 0 Å². The van der Waals surface area contributed by atoms with E-state index in [-0.39, 0.29) is 16.5 Å². The highest BCUT2D eigenvalue weighted by molar-refractivity contribution is 6.32. The SMILES string of the molecule is Cn1c(-c2n[nH]c(C(F)(F)F)n2)c(-c2cn[nH]c2)c2nc(O)c(Cl)cc21. The standard InChI is InChI=1S/C14H9ClF3N7O/c1-25-7-2-6(15)12(26)21-9(7)8(5-3-19-20-4-5)10(25)11-22-13(24-23-11)14(16,17)18/h2-4H,1H3,(H,19,20)(H,21,26)(H,22,23,24). The van der Waals surface area contributed by atoms with Crippen LogP contribution in [0.15, 0.2) is 18.5 Å². The fourth-order valence-corrected chi connectivity index (χ4v) is 2.87. The van der Waals surface area contributed by atoms with Crippen molar-refractivity contribution in [2.24, 2.45) is 7.05 Å². The number of fused-ring (bicyclic) bond motifs is 1. The Kier molecular flexibility index (Phi) is 3.44. The topological polar surface area (TPSA) is 108 Å². The van der Waals surface area contributed by atoms with Gasteiger partial charge in [0.2, 0.25) is 11.7 Å². The molecular formula is C14H9ClF3N7O. The van der Waals surface area contributed by atoms with E-state index in [0.29, 0.717) is 22.2 Å². The summed E-state index contributed by atoms with van der Waals surface area (Å²) in [6.45, 7) is 0. The van der Waals surface area contributed by atoms with Crippen molar-refractivity contribution in [3.8, 4) is 28.5 Å². The summed E-state index contributed by atoms with van der Waals surface area (Å²) in [7, 11) is 1.61. The number of hydrogen-bond acceptors (Lipinski definition) is 5. The van der Waals surface area contributed by atoms with Gasteiger partial charge in [-0.1, -0.05) is 11.6 Å². The van der Waals surface area contributed by atoms with Crippen LogP contribution in [-0.4, -0.2) is 40.0 Å². The molecule has 0 spiro atoms. The molecule has 0 aliphatic rings. The maximum Gasteiger partial charge on any atom is 0.451 e. The van der Waals surface area contributed by atoms with Gasteiger partial charge in [0.05, 0.1) is 17.4 Å². The number of H-pyrrole nitrogens is 2. The fraction of sp³-hybridized carbons (Fsp3) is 0.143. The Balaban J connectivity index is 2.07. The summed E-state index contributed by atoms with van der Waals surface area (Å²) >= 11 is 5.93. The molecule has 0 saturated carbocycles. The van der Waals surface area contributed by atoms with Crippen molar-refractivity contribution in [3.05, 3.63) is 29.3 Å². The molecular weight excluding hydrogens is 375 g/mol. The predicted octanol–water partition coefficient (Wildman–Crippen LogP) is 3.13. The van der Waals surface area contributed by atoms with Crippen molar-refractivity contribution in [2.45, 2.75) is 6.18 Å². The minimum Gasteiger partial charge on any atom is -0.492 e. The first-order valence-electron chi connectivity index (χ1n) is 7.14. The summed E-state index contributed by atoms with van der Waals surface area (Å²) in [6, 6.07) is 1.46. The summed E-state index contributed by atoms with van der Waals surface area (Å²) in [5.41, 5.74) is 2.03. The van der Waals surface area contributed by atoms with E-state index in [1.807, 2.05) is 5.10 Å². The number of aromatic amines is 2. The third-order valence-corrected chi connectivity index (χ3v) is 4.14. The van der Waals surface area contributed by atoms with Gasteiger partial charge < -0.3 is 9.67 Å². The second-order valence-corrected chi connectivity index (χ2v) is 5.84.